The Morgan fingerprint density at radius 2 is 1.06 bits per heavy atom. The fraction of sp³-hybridized carbons (Fsp3) is 0.625. The van der Waals surface area contributed by atoms with E-state index < -0.39 is 0 Å². The standard InChI is InChI=1S/C32H44O2/c1-33-27-18-19-31(34-2)30(22-27)32-28(24-14-8-4-9-15-24)20-26(23-12-6-3-7-13-23)21-29(32)25-16-10-5-11-17-25/h18-25H,3-17H2,1-2H3. The molecule has 2 heteroatoms. The molecule has 0 aliphatic heterocycles. The van der Waals surface area contributed by atoms with Crippen LogP contribution in [-0.4, -0.2) is 14.2 Å². The lowest BCUT2D eigenvalue weighted by molar-refractivity contribution is 0.403. The van der Waals surface area contributed by atoms with Crippen LogP contribution in [0.1, 0.15) is 131 Å². The first-order chi connectivity index (χ1) is 16.8. The molecule has 2 aromatic carbocycles. The first kappa shape index (κ1) is 23.8. The SMILES string of the molecule is COc1ccc(OC)c(-c2c(C3CCCCC3)cc(C3CCCCC3)cc2C2CCCCC2)c1. The summed E-state index contributed by atoms with van der Waals surface area (Å²) in [6.07, 6.45) is 20.5. The van der Waals surface area contributed by atoms with E-state index in [2.05, 4.69) is 24.3 Å². The second-order valence-corrected chi connectivity index (χ2v) is 11.1. The van der Waals surface area contributed by atoms with Gasteiger partial charge in [-0.3, -0.25) is 0 Å². The van der Waals surface area contributed by atoms with Crippen molar-refractivity contribution in [2.24, 2.45) is 0 Å². The fourth-order valence-electron chi connectivity index (χ4n) is 7.17. The van der Waals surface area contributed by atoms with E-state index in [1.165, 1.54) is 107 Å². The molecule has 3 aliphatic rings. The molecule has 0 amide bonds. The largest absolute Gasteiger partial charge is 0.497 e. The third kappa shape index (κ3) is 5.02. The minimum Gasteiger partial charge on any atom is -0.497 e. The maximum absolute atomic E-state index is 5.97. The molecule has 2 aromatic rings. The van der Waals surface area contributed by atoms with Crippen LogP contribution in [0.5, 0.6) is 11.5 Å². The summed E-state index contributed by atoms with van der Waals surface area (Å²) in [6, 6.07) is 11.7. The number of methoxy groups -OCH3 is 2. The van der Waals surface area contributed by atoms with Gasteiger partial charge < -0.3 is 9.47 Å². The van der Waals surface area contributed by atoms with E-state index in [1.807, 2.05) is 13.2 Å². The van der Waals surface area contributed by atoms with Gasteiger partial charge in [0.25, 0.3) is 0 Å². The van der Waals surface area contributed by atoms with Gasteiger partial charge in [-0.15, -0.1) is 0 Å². The first-order valence-corrected chi connectivity index (χ1v) is 14.2. The molecular weight excluding hydrogens is 416 g/mol. The summed E-state index contributed by atoms with van der Waals surface area (Å²) < 4.78 is 11.7. The predicted octanol–water partition coefficient (Wildman–Crippen LogP) is 9.51. The third-order valence-electron chi connectivity index (χ3n) is 9.06. The highest BCUT2D eigenvalue weighted by atomic mass is 16.5. The molecule has 3 aliphatic carbocycles. The second-order valence-electron chi connectivity index (χ2n) is 11.1. The van der Waals surface area contributed by atoms with Crippen LogP contribution in [0.25, 0.3) is 11.1 Å². The summed E-state index contributed by atoms with van der Waals surface area (Å²) in [7, 11) is 3.60. The Morgan fingerprint density at radius 1 is 0.559 bits per heavy atom. The van der Waals surface area contributed by atoms with Crippen LogP contribution in [0.3, 0.4) is 0 Å². The zero-order chi connectivity index (χ0) is 23.3. The van der Waals surface area contributed by atoms with Crippen LogP contribution >= 0.6 is 0 Å². The maximum Gasteiger partial charge on any atom is 0.126 e. The predicted molar refractivity (Wildman–Crippen MR) is 142 cm³/mol. The van der Waals surface area contributed by atoms with Gasteiger partial charge in [0.2, 0.25) is 0 Å². The minimum atomic E-state index is 0.672. The molecule has 184 valence electrons. The molecule has 0 unspecified atom stereocenters. The van der Waals surface area contributed by atoms with Crippen molar-refractivity contribution in [1.82, 2.24) is 0 Å². The Hall–Kier alpha value is -1.96. The molecule has 34 heavy (non-hydrogen) atoms. The van der Waals surface area contributed by atoms with Gasteiger partial charge in [-0.1, -0.05) is 69.9 Å². The average molecular weight is 461 g/mol. The zero-order valence-electron chi connectivity index (χ0n) is 21.5. The summed E-state index contributed by atoms with van der Waals surface area (Å²) in [5.41, 5.74) is 7.63. The lowest BCUT2D eigenvalue weighted by Gasteiger charge is -2.33. The van der Waals surface area contributed by atoms with E-state index in [-0.39, 0.29) is 0 Å². The van der Waals surface area contributed by atoms with Crippen LogP contribution in [0.4, 0.5) is 0 Å². The Morgan fingerprint density at radius 3 is 1.53 bits per heavy atom. The molecule has 0 aromatic heterocycles. The third-order valence-corrected chi connectivity index (χ3v) is 9.06. The van der Waals surface area contributed by atoms with Gasteiger partial charge in [-0.25, -0.2) is 0 Å². The van der Waals surface area contributed by atoms with Gasteiger partial charge in [-0.05, 0) is 96.7 Å². The summed E-state index contributed by atoms with van der Waals surface area (Å²) in [4.78, 5) is 0. The Kier molecular flexibility index (Phi) is 7.82. The molecule has 0 heterocycles. The molecule has 2 nitrogen and oxygen atoms in total. The first-order valence-electron chi connectivity index (χ1n) is 14.2. The van der Waals surface area contributed by atoms with Crippen molar-refractivity contribution in [2.45, 2.75) is 114 Å². The number of ether oxygens (including phenoxy) is 2. The summed E-state index contributed by atoms with van der Waals surface area (Å²) in [5.74, 6) is 4.01. The van der Waals surface area contributed by atoms with Crippen LogP contribution in [0.15, 0.2) is 30.3 Å². The summed E-state index contributed by atoms with van der Waals surface area (Å²) in [6.45, 7) is 0. The van der Waals surface area contributed by atoms with Gasteiger partial charge in [-0.2, -0.15) is 0 Å². The van der Waals surface area contributed by atoms with Gasteiger partial charge in [0.1, 0.15) is 11.5 Å². The summed E-state index contributed by atoms with van der Waals surface area (Å²) in [5, 5.41) is 0. The van der Waals surface area contributed by atoms with E-state index in [0.717, 1.165) is 17.4 Å². The van der Waals surface area contributed by atoms with E-state index >= 15 is 0 Å². The number of hydrogen-bond donors (Lipinski definition) is 0. The normalized spacial score (nSPS) is 20.9. The lowest BCUT2D eigenvalue weighted by Crippen LogP contribution is -2.14. The van der Waals surface area contributed by atoms with Crippen molar-refractivity contribution < 1.29 is 9.47 Å². The molecule has 0 saturated heterocycles. The lowest BCUT2D eigenvalue weighted by atomic mass is 9.72. The van der Waals surface area contributed by atoms with Crippen LogP contribution in [-0.2, 0) is 0 Å². The van der Waals surface area contributed by atoms with Gasteiger partial charge in [0.15, 0.2) is 0 Å². The van der Waals surface area contributed by atoms with Crippen LogP contribution < -0.4 is 9.47 Å². The minimum absolute atomic E-state index is 0.672. The van der Waals surface area contributed by atoms with Crippen molar-refractivity contribution in [2.75, 3.05) is 14.2 Å². The van der Waals surface area contributed by atoms with Crippen molar-refractivity contribution in [3.63, 3.8) is 0 Å². The molecule has 0 N–H and O–H groups in total. The van der Waals surface area contributed by atoms with E-state index in [0.29, 0.717) is 11.8 Å². The Balaban J connectivity index is 1.73. The number of benzene rings is 2. The highest BCUT2D eigenvalue weighted by Gasteiger charge is 2.29. The quantitative estimate of drug-likeness (QED) is 0.427. The molecule has 3 fully saturated rings. The van der Waals surface area contributed by atoms with Crippen LogP contribution in [0, 0.1) is 0 Å². The van der Waals surface area contributed by atoms with Crippen molar-refractivity contribution in [1.29, 1.82) is 0 Å². The van der Waals surface area contributed by atoms with E-state index in [9.17, 15) is 0 Å². The topological polar surface area (TPSA) is 18.5 Å². The van der Waals surface area contributed by atoms with Gasteiger partial charge in [0.05, 0.1) is 14.2 Å². The second kappa shape index (κ2) is 11.2. The van der Waals surface area contributed by atoms with E-state index in [4.69, 9.17) is 9.47 Å². The van der Waals surface area contributed by atoms with Gasteiger partial charge >= 0.3 is 0 Å². The van der Waals surface area contributed by atoms with E-state index in [1.54, 1.807) is 23.8 Å². The van der Waals surface area contributed by atoms with Crippen molar-refractivity contribution >= 4 is 0 Å². The molecule has 0 atom stereocenters. The zero-order valence-corrected chi connectivity index (χ0v) is 21.5. The Labute approximate surface area is 207 Å². The average Bonchev–Trinajstić information content (AvgIpc) is 2.93. The highest BCUT2D eigenvalue weighted by molar-refractivity contribution is 5.79. The number of rotatable bonds is 6. The molecule has 3 saturated carbocycles. The molecule has 5 rings (SSSR count). The smallest absolute Gasteiger partial charge is 0.126 e. The van der Waals surface area contributed by atoms with Gasteiger partial charge in [0, 0.05) is 5.56 Å². The summed E-state index contributed by atoms with van der Waals surface area (Å²) >= 11 is 0. The molecule has 0 bridgehead atoms. The fourth-order valence-corrected chi connectivity index (χ4v) is 7.17. The Bertz CT molecular complexity index is 904. The van der Waals surface area contributed by atoms with Crippen molar-refractivity contribution in [3.8, 4) is 22.6 Å². The molecule has 0 radical (unpaired) electrons. The highest BCUT2D eigenvalue weighted by Crippen LogP contribution is 2.49. The van der Waals surface area contributed by atoms with Crippen molar-refractivity contribution in [3.05, 3.63) is 47.0 Å². The molecule has 0 spiro atoms. The number of hydrogen-bond acceptors (Lipinski definition) is 2. The maximum atomic E-state index is 5.97. The monoisotopic (exact) mass is 460 g/mol. The molecular formula is C32H44O2. The van der Waals surface area contributed by atoms with Crippen LogP contribution in [0.2, 0.25) is 0 Å².